The molecule has 0 atom stereocenters. The van der Waals surface area contributed by atoms with Gasteiger partial charge >= 0.3 is 6.36 Å². The lowest BCUT2D eigenvalue weighted by molar-refractivity contribution is -0.274. The zero-order valence-electron chi connectivity index (χ0n) is 17.7. The van der Waals surface area contributed by atoms with Crippen LogP contribution in [0.3, 0.4) is 0 Å². The Balaban J connectivity index is 0.00000363. The van der Waals surface area contributed by atoms with Crippen LogP contribution in [0.5, 0.6) is 5.75 Å². The molecule has 3 rings (SSSR count). The third-order valence-corrected chi connectivity index (χ3v) is 5.24. The Hall–Kier alpha value is -2.48. The van der Waals surface area contributed by atoms with Gasteiger partial charge in [0.05, 0.1) is 0 Å². The lowest BCUT2D eigenvalue weighted by Crippen LogP contribution is -2.18. The molecule has 0 saturated carbocycles. The number of nitrogens with one attached hydrogen (secondary N) is 1. The first-order valence-corrected chi connectivity index (χ1v) is 9.93. The number of nitrogens with zero attached hydrogens (tertiary/aromatic N) is 1. The number of ether oxygens (including phenoxy) is 1. The molecule has 0 bridgehead atoms. The van der Waals surface area contributed by atoms with Gasteiger partial charge in [-0.15, -0.1) is 25.6 Å². The minimum Gasteiger partial charge on any atom is -0.406 e. The quantitative estimate of drug-likeness (QED) is 0.446. The van der Waals surface area contributed by atoms with Gasteiger partial charge < -0.3 is 9.72 Å². The van der Waals surface area contributed by atoms with Crippen molar-refractivity contribution in [1.82, 2.24) is 9.88 Å². The third kappa shape index (κ3) is 6.51. The molecule has 0 unspecified atom stereocenters. The highest BCUT2D eigenvalue weighted by Gasteiger charge is 2.30. The number of benzene rings is 2. The SMILES string of the molecule is Cc1[nH]c(C)c(-c2cccc(CN(C)Cc3ccc(OC(F)(F)F)cc3)c2)c(=O)c1Cl.Cl. The van der Waals surface area contributed by atoms with Crippen LogP contribution in [0.4, 0.5) is 13.2 Å². The fraction of sp³-hybridized carbons (Fsp3) is 0.261. The molecular weight excluding hydrogens is 464 g/mol. The maximum atomic E-state index is 12.7. The smallest absolute Gasteiger partial charge is 0.406 e. The molecular formula is C23H23Cl2F3N2O2. The van der Waals surface area contributed by atoms with Crippen molar-refractivity contribution in [3.05, 3.63) is 86.3 Å². The van der Waals surface area contributed by atoms with Gasteiger partial charge in [0.1, 0.15) is 10.8 Å². The van der Waals surface area contributed by atoms with E-state index in [0.29, 0.717) is 24.3 Å². The summed E-state index contributed by atoms with van der Waals surface area (Å²) in [5.41, 5.74) is 4.34. The average Bonchev–Trinajstić information content (AvgIpc) is 2.67. The molecule has 172 valence electrons. The van der Waals surface area contributed by atoms with Crippen molar-refractivity contribution in [2.45, 2.75) is 33.3 Å². The predicted octanol–water partition coefficient (Wildman–Crippen LogP) is 6.26. The lowest BCUT2D eigenvalue weighted by Gasteiger charge is -2.18. The second-order valence-corrected chi connectivity index (χ2v) is 7.84. The van der Waals surface area contributed by atoms with Crippen LogP contribution in [0.25, 0.3) is 11.1 Å². The van der Waals surface area contributed by atoms with Crippen LogP contribution >= 0.6 is 24.0 Å². The molecule has 0 saturated heterocycles. The van der Waals surface area contributed by atoms with Gasteiger partial charge in [-0.1, -0.05) is 41.9 Å². The van der Waals surface area contributed by atoms with Crippen LogP contribution in [-0.2, 0) is 13.1 Å². The first-order valence-electron chi connectivity index (χ1n) is 9.55. The number of aromatic amines is 1. The molecule has 0 aliphatic carbocycles. The van der Waals surface area contributed by atoms with Crippen molar-refractivity contribution < 1.29 is 17.9 Å². The minimum atomic E-state index is -4.70. The molecule has 0 spiro atoms. The maximum Gasteiger partial charge on any atom is 0.573 e. The molecule has 32 heavy (non-hydrogen) atoms. The van der Waals surface area contributed by atoms with Gasteiger partial charge in [0.2, 0.25) is 5.43 Å². The molecule has 0 radical (unpaired) electrons. The summed E-state index contributed by atoms with van der Waals surface area (Å²) in [4.78, 5) is 17.8. The number of hydrogen-bond acceptors (Lipinski definition) is 3. The monoisotopic (exact) mass is 486 g/mol. The molecule has 0 fully saturated rings. The molecule has 2 aromatic carbocycles. The fourth-order valence-corrected chi connectivity index (χ4v) is 3.64. The standard InChI is InChI=1S/C23H22ClF3N2O2.ClH/c1-14-20(22(30)21(24)15(2)28-14)18-6-4-5-17(11-18)13-29(3)12-16-7-9-19(10-8-16)31-23(25,26)27;/h4-11H,12-13H2,1-3H3,(H,28,30);1H. The number of halogens is 5. The second-order valence-electron chi connectivity index (χ2n) is 7.46. The van der Waals surface area contributed by atoms with Gasteiger partial charge in [-0.25, -0.2) is 0 Å². The largest absolute Gasteiger partial charge is 0.573 e. The zero-order chi connectivity index (χ0) is 22.8. The van der Waals surface area contributed by atoms with Gasteiger partial charge in [-0.3, -0.25) is 9.69 Å². The summed E-state index contributed by atoms with van der Waals surface area (Å²) in [6.45, 7) is 4.72. The van der Waals surface area contributed by atoms with Crippen LogP contribution in [0, 0.1) is 13.8 Å². The van der Waals surface area contributed by atoms with E-state index in [-0.39, 0.29) is 28.6 Å². The molecule has 0 aliphatic heterocycles. The lowest BCUT2D eigenvalue weighted by atomic mass is 10.0. The number of pyridine rings is 1. The van der Waals surface area contributed by atoms with Crippen molar-refractivity contribution in [1.29, 1.82) is 0 Å². The van der Waals surface area contributed by atoms with Crippen molar-refractivity contribution in [3.8, 4) is 16.9 Å². The molecule has 1 heterocycles. The Morgan fingerprint density at radius 2 is 1.62 bits per heavy atom. The van der Waals surface area contributed by atoms with E-state index in [9.17, 15) is 18.0 Å². The Morgan fingerprint density at radius 1 is 1.00 bits per heavy atom. The number of aryl methyl sites for hydroxylation is 2. The van der Waals surface area contributed by atoms with Crippen LogP contribution in [-0.4, -0.2) is 23.3 Å². The number of rotatable bonds is 6. The Bertz CT molecular complexity index is 1130. The molecule has 1 aromatic heterocycles. The highest BCUT2D eigenvalue weighted by atomic mass is 35.5. The Labute approximate surface area is 195 Å². The maximum absolute atomic E-state index is 12.7. The molecule has 1 N–H and O–H groups in total. The zero-order valence-corrected chi connectivity index (χ0v) is 19.3. The van der Waals surface area contributed by atoms with Gasteiger partial charge in [-0.05, 0) is 55.8 Å². The Morgan fingerprint density at radius 3 is 2.25 bits per heavy atom. The van der Waals surface area contributed by atoms with E-state index < -0.39 is 6.36 Å². The number of hydrogen-bond donors (Lipinski definition) is 1. The highest BCUT2D eigenvalue weighted by Crippen LogP contribution is 2.25. The van der Waals surface area contributed by atoms with E-state index in [2.05, 4.69) is 9.72 Å². The van der Waals surface area contributed by atoms with Crippen LogP contribution in [0.2, 0.25) is 5.02 Å². The van der Waals surface area contributed by atoms with E-state index >= 15 is 0 Å². The predicted molar refractivity (Wildman–Crippen MR) is 123 cm³/mol. The van der Waals surface area contributed by atoms with Crippen molar-refractivity contribution in [2.75, 3.05) is 7.05 Å². The average molecular weight is 487 g/mol. The summed E-state index contributed by atoms with van der Waals surface area (Å²) in [5.74, 6) is -0.246. The van der Waals surface area contributed by atoms with Gasteiger partial charge in [0.15, 0.2) is 0 Å². The molecule has 0 amide bonds. The molecule has 0 aliphatic rings. The van der Waals surface area contributed by atoms with E-state index in [1.54, 1.807) is 19.1 Å². The third-order valence-electron chi connectivity index (χ3n) is 4.78. The van der Waals surface area contributed by atoms with Gasteiger partial charge in [0, 0.05) is 30.0 Å². The van der Waals surface area contributed by atoms with Crippen molar-refractivity contribution in [3.63, 3.8) is 0 Å². The van der Waals surface area contributed by atoms with Crippen LogP contribution in [0.15, 0.2) is 53.3 Å². The Kier molecular flexibility index (Phi) is 8.40. The topological polar surface area (TPSA) is 45.3 Å². The molecule has 3 aromatic rings. The summed E-state index contributed by atoms with van der Waals surface area (Å²) >= 11 is 6.14. The number of H-pyrrole nitrogens is 1. The van der Waals surface area contributed by atoms with E-state index in [0.717, 1.165) is 22.4 Å². The van der Waals surface area contributed by atoms with Gasteiger partial charge in [-0.2, -0.15) is 0 Å². The summed E-state index contributed by atoms with van der Waals surface area (Å²) in [6, 6.07) is 13.5. The normalized spacial score (nSPS) is 11.4. The highest BCUT2D eigenvalue weighted by molar-refractivity contribution is 6.31. The van der Waals surface area contributed by atoms with E-state index in [1.165, 1.54) is 12.1 Å². The first kappa shape index (κ1) is 25.8. The minimum absolute atomic E-state index is 0. The summed E-state index contributed by atoms with van der Waals surface area (Å²) in [6.07, 6.45) is -4.70. The van der Waals surface area contributed by atoms with Crippen molar-refractivity contribution >= 4 is 24.0 Å². The second kappa shape index (κ2) is 10.4. The van der Waals surface area contributed by atoms with Crippen LogP contribution < -0.4 is 10.2 Å². The number of alkyl halides is 3. The van der Waals surface area contributed by atoms with Gasteiger partial charge in [0.25, 0.3) is 0 Å². The molecule has 4 nitrogen and oxygen atoms in total. The summed E-state index contributed by atoms with van der Waals surface area (Å²) in [5, 5.41) is 0.182. The first-order chi connectivity index (χ1) is 14.5. The molecule has 9 heteroatoms. The van der Waals surface area contributed by atoms with Crippen molar-refractivity contribution in [2.24, 2.45) is 0 Å². The van der Waals surface area contributed by atoms with E-state index in [1.807, 2.05) is 43.1 Å². The summed E-state index contributed by atoms with van der Waals surface area (Å²) in [7, 11) is 1.91. The van der Waals surface area contributed by atoms with Crippen LogP contribution in [0.1, 0.15) is 22.5 Å². The number of aromatic nitrogens is 1. The summed E-state index contributed by atoms with van der Waals surface area (Å²) < 4.78 is 40.7. The van der Waals surface area contributed by atoms with E-state index in [4.69, 9.17) is 11.6 Å². The fourth-order valence-electron chi connectivity index (χ4n) is 3.50.